The van der Waals surface area contributed by atoms with Crippen LogP contribution in [0.3, 0.4) is 0 Å². The number of hydrogen-bond acceptors (Lipinski definition) is 3. The van der Waals surface area contributed by atoms with Crippen LogP contribution in [-0.4, -0.2) is 28.9 Å². The van der Waals surface area contributed by atoms with Crippen LogP contribution in [0, 0.1) is 0 Å². The molecule has 0 rings (SSSR count). The van der Waals surface area contributed by atoms with Gasteiger partial charge >= 0.3 is 29.6 Å². The molecule has 0 aliphatic heterocycles. The van der Waals surface area contributed by atoms with E-state index < -0.39 is 21.0 Å². The van der Waals surface area contributed by atoms with Crippen LogP contribution in [-0.2, 0) is 10.1 Å². The Kier molecular flexibility index (Phi) is 6.30. The molecule has 0 amide bonds. The van der Waals surface area contributed by atoms with E-state index >= 15 is 0 Å². The molecular weight excluding hydrogens is 191 g/mol. The summed E-state index contributed by atoms with van der Waals surface area (Å²) in [4.78, 5) is 0. The van der Waals surface area contributed by atoms with Gasteiger partial charge in [0, 0.05) is 0 Å². The van der Waals surface area contributed by atoms with Crippen LogP contribution in [0.4, 0.5) is 0 Å². The fourth-order valence-corrected chi connectivity index (χ4v) is 1.27. The van der Waals surface area contributed by atoms with Crippen LogP contribution in [0.1, 0.15) is 27.2 Å². The molecule has 68 valence electrons. The molecule has 0 aliphatic rings. The molecule has 0 aromatic rings. The average Bonchev–Trinajstić information content (AvgIpc) is 1.56. The first kappa shape index (κ1) is 15.3. The fraction of sp³-hybridized carbons (Fsp3) is 1.00. The van der Waals surface area contributed by atoms with Gasteiger partial charge < -0.3 is 5.11 Å². The molecule has 1 unspecified atom stereocenters. The van der Waals surface area contributed by atoms with Crippen LogP contribution < -0.4 is 29.6 Å². The SMILES string of the molecule is CC(O)CC(C)(C)S(=O)(=O)O.[Na+]. The second-order valence-corrected chi connectivity index (χ2v) is 5.34. The third-order valence-electron chi connectivity index (χ3n) is 1.49. The van der Waals surface area contributed by atoms with Crippen LogP contribution in [0.15, 0.2) is 0 Å². The van der Waals surface area contributed by atoms with E-state index in [4.69, 9.17) is 9.66 Å². The van der Waals surface area contributed by atoms with Crippen molar-refractivity contribution in [2.24, 2.45) is 0 Å². The molecular formula is C6H14NaO4S+. The zero-order valence-electron chi connectivity index (χ0n) is 7.90. The van der Waals surface area contributed by atoms with E-state index in [1.54, 1.807) is 0 Å². The molecule has 12 heavy (non-hydrogen) atoms. The summed E-state index contributed by atoms with van der Waals surface area (Å²) in [6.45, 7) is 4.22. The maximum Gasteiger partial charge on any atom is 1.00 e. The first-order chi connectivity index (χ1) is 4.67. The molecule has 6 heteroatoms. The van der Waals surface area contributed by atoms with Gasteiger partial charge in [0.05, 0.1) is 10.9 Å². The van der Waals surface area contributed by atoms with E-state index in [1.165, 1.54) is 20.8 Å². The molecule has 0 saturated heterocycles. The Morgan fingerprint density at radius 1 is 1.42 bits per heavy atom. The molecule has 1 atom stereocenters. The predicted octanol–water partition coefficient (Wildman–Crippen LogP) is -2.57. The van der Waals surface area contributed by atoms with Gasteiger partial charge in [0.15, 0.2) is 0 Å². The molecule has 0 spiro atoms. The normalized spacial score (nSPS) is 15.1. The summed E-state index contributed by atoms with van der Waals surface area (Å²) in [5, 5.41) is 8.88. The zero-order chi connectivity index (χ0) is 9.28. The van der Waals surface area contributed by atoms with Crippen molar-refractivity contribution in [3.63, 3.8) is 0 Å². The predicted molar refractivity (Wildman–Crippen MR) is 41.9 cm³/mol. The monoisotopic (exact) mass is 205 g/mol. The van der Waals surface area contributed by atoms with Crippen LogP contribution in [0.2, 0.25) is 0 Å². The first-order valence-corrected chi connectivity index (χ1v) is 4.76. The summed E-state index contributed by atoms with van der Waals surface area (Å²) in [5.41, 5.74) is 0. The molecule has 4 nitrogen and oxygen atoms in total. The van der Waals surface area contributed by atoms with Crippen LogP contribution in [0.5, 0.6) is 0 Å². The van der Waals surface area contributed by atoms with Crippen molar-refractivity contribution >= 4 is 10.1 Å². The number of aliphatic hydroxyl groups is 1. The minimum absolute atomic E-state index is 0. The number of aliphatic hydroxyl groups excluding tert-OH is 1. The summed E-state index contributed by atoms with van der Waals surface area (Å²) in [7, 11) is -4.06. The zero-order valence-corrected chi connectivity index (χ0v) is 10.7. The Morgan fingerprint density at radius 3 is 1.83 bits per heavy atom. The maximum atomic E-state index is 10.6. The molecule has 0 heterocycles. The van der Waals surface area contributed by atoms with Gasteiger partial charge in [-0.05, 0) is 27.2 Å². The largest absolute Gasteiger partial charge is 1.00 e. The first-order valence-electron chi connectivity index (χ1n) is 3.32. The Labute approximate surface area is 95.4 Å². The quantitative estimate of drug-likeness (QED) is 0.392. The van der Waals surface area contributed by atoms with Crippen molar-refractivity contribution in [1.29, 1.82) is 0 Å². The average molecular weight is 205 g/mol. The van der Waals surface area contributed by atoms with E-state index in [9.17, 15) is 8.42 Å². The maximum absolute atomic E-state index is 10.6. The Morgan fingerprint density at radius 2 is 1.75 bits per heavy atom. The van der Waals surface area contributed by atoms with Crippen LogP contribution in [0.25, 0.3) is 0 Å². The number of rotatable bonds is 3. The van der Waals surface area contributed by atoms with Gasteiger partial charge in [0.25, 0.3) is 10.1 Å². The second-order valence-electron chi connectivity index (χ2n) is 3.29. The Hall–Kier alpha value is 0.870. The van der Waals surface area contributed by atoms with Gasteiger partial charge in [0.2, 0.25) is 0 Å². The number of hydrogen-bond donors (Lipinski definition) is 2. The van der Waals surface area contributed by atoms with Gasteiger partial charge in [-0.1, -0.05) is 0 Å². The van der Waals surface area contributed by atoms with Crippen molar-refractivity contribution in [2.75, 3.05) is 0 Å². The molecule has 0 fully saturated rings. The summed E-state index contributed by atoms with van der Waals surface area (Å²) in [5.74, 6) is 0. The summed E-state index contributed by atoms with van der Waals surface area (Å²) in [6.07, 6.45) is -0.696. The van der Waals surface area contributed by atoms with Crippen molar-refractivity contribution in [1.82, 2.24) is 0 Å². The van der Waals surface area contributed by atoms with Crippen molar-refractivity contribution in [3.8, 4) is 0 Å². The van der Waals surface area contributed by atoms with Gasteiger partial charge in [-0.3, -0.25) is 4.55 Å². The second kappa shape index (κ2) is 4.93. The third kappa shape index (κ3) is 4.79. The van der Waals surface area contributed by atoms with Gasteiger partial charge in [0.1, 0.15) is 0 Å². The Balaban J connectivity index is 0. The minimum Gasteiger partial charge on any atom is -0.393 e. The minimum atomic E-state index is -4.06. The topological polar surface area (TPSA) is 74.6 Å². The molecule has 0 saturated carbocycles. The van der Waals surface area contributed by atoms with Gasteiger partial charge in [-0.25, -0.2) is 0 Å². The smallest absolute Gasteiger partial charge is 0.393 e. The molecule has 0 aromatic heterocycles. The van der Waals surface area contributed by atoms with Crippen molar-refractivity contribution in [2.45, 2.75) is 38.0 Å². The summed E-state index contributed by atoms with van der Waals surface area (Å²) >= 11 is 0. The molecule has 0 aliphatic carbocycles. The standard InChI is InChI=1S/C6H14O4S.Na/c1-5(7)4-6(2,3)11(8,9)10;/h5,7H,4H2,1-3H3,(H,8,9,10);/q;+1. The molecule has 0 aromatic carbocycles. The molecule has 2 N–H and O–H groups in total. The van der Waals surface area contributed by atoms with Crippen molar-refractivity contribution < 1.29 is 47.6 Å². The summed E-state index contributed by atoms with van der Waals surface area (Å²) in [6, 6.07) is 0. The van der Waals surface area contributed by atoms with E-state index in [-0.39, 0.29) is 36.0 Å². The van der Waals surface area contributed by atoms with E-state index in [0.29, 0.717) is 0 Å². The van der Waals surface area contributed by atoms with Gasteiger partial charge in [-0.2, -0.15) is 8.42 Å². The summed E-state index contributed by atoms with van der Waals surface area (Å²) < 4.78 is 28.7. The van der Waals surface area contributed by atoms with E-state index in [0.717, 1.165) is 0 Å². The fourth-order valence-electron chi connectivity index (χ4n) is 0.817. The van der Waals surface area contributed by atoms with E-state index in [1.807, 2.05) is 0 Å². The van der Waals surface area contributed by atoms with Crippen molar-refractivity contribution in [3.05, 3.63) is 0 Å². The van der Waals surface area contributed by atoms with Gasteiger partial charge in [-0.15, -0.1) is 0 Å². The Bertz CT molecular complexity index is 220. The van der Waals surface area contributed by atoms with Crippen LogP contribution >= 0.6 is 0 Å². The molecule has 0 bridgehead atoms. The van der Waals surface area contributed by atoms with E-state index in [2.05, 4.69) is 0 Å². The molecule has 0 radical (unpaired) electrons. The third-order valence-corrected chi connectivity index (χ3v) is 3.05.